The van der Waals surface area contributed by atoms with E-state index in [1.807, 2.05) is 0 Å². The van der Waals surface area contributed by atoms with Crippen molar-refractivity contribution in [3.8, 4) is 0 Å². The molecular formula is C7H7ClO3. The summed E-state index contributed by atoms with van der Waals surface area (Å²) in [6, 6.07) is 0. The lowest BCUT2D eigenvalue weighted by atomic mass is 10.5. The van der Waals surface area contributed by atoms with Crippen LogP contribution in [0.4, 0.5) is 0 Å². The average molecular weight is 175 g/mol. The Balaban J connectivity index is 3.68. The molecule has 0 saturated carbocycles. The van der Waals surface area contributed by atoms with E-state index in [0.717, 1.165) is 12.2 Å². The van der Waals surface area contributed by atoms with E-state index in [-0.39, 0.29) is 6.61 Å². The lowest BCUT2D eigenvalue weighted by molar-refractivity contribution is -0.136. The van der Waals surface area contributed by atoms with Crippen molar-refractivity contribution in [2.75, 3.05) is 6.61 Å². The predicted octanol–water partition coefficient (Wildman–Crippen LogP) is 1.04. The molecular weight excluding hydrogens is 168 g/mol. The zero-order valence-electron chi connectivity index (χ0n) is 5.75. The van der Waals surface area contributed by atoms with Gasteiger partial charge in [0.05, 0.1) is 0 Å². The van der Waals surface area contributed by atoms with E-state index in [2.05, 4.69) is 11.3 Å². The van der Waals surface area contributed by atoms with Crippen LogP contribution in [0.2, 0.25) is 0 Å². The Kier molecular flexibility index (Phi) is 5.11. The Morgan fingerprint density at radius 3 is 2.55 bits per heavy atom. The van der Waals surface area contributed by atoms with Crippen molar-refractivity contribution in [2.24, 2.45) is 0 Å². The third kappa shape index (κ3) is 6.80. The van der Waals surface area contributed by atoms with Gasteiger partial charge in [0.25, 0.3) is 0 Å². The van der Waals surface area contributed by atoms with Crippen molar-refractivity contribution in [1.29, 1.82) is 0 Å². The minimum Gasteiger partial charge on any atom is -0.458 e. The zero-order valence-corrected chi connectivity index (χ0v) is 6.50. The fraction of sp³-hybridized carbons (Fsp3) is 0.143. The number of carbonyl (C=O) groups is 2. The molecule has 60 valence electrons. The molecule has 0 bridgehead atoms. The van der Waals surface area contributed by atoms with Gasteiger partial charge in [0.2, 0.25) is 5.24 Å². The van der Waals surface area contributed by atoms with Gasteiger partial charge in [-0.2, -0.15) is 0 Å². The summed E-state index contributed by atoms with van der Waals surface area (Å²) < 4.78 is 4.49. The minimum absolute atomic E-state index is 0.125. The lowest BCUT2D eigenvalue weighted by Crippen LogP contribution is -2.00. The number of rotatable bonds is 4. The smallest absolute Gasteiger partial charge is 0.331 e. The molecule has 0 saturated heterocycles. The first kappa shape index (κ1) is 9.91. The Labute approximate surface area is 69.3 Å². The van der Waals surface area contributed by atoms with Crippen LogP contribution in [-0.4, -0.2) is 17.8 Å². The second-order valence-corrected chi connectivity index (χ2v) is 1.93. The third-order valence-electron chi connectivity index (χ3n) is 0.694. The molecule has 0 atom stereocenters. The maximum Gasteiger partial charge on any atom is 0.331 e. The van der Waals surface area contributed by atoms with Gasteiger partial charge in [-0.25, -0.2) is 4.79 Å². The minimum atomic E-state index is -0.708. The van der Waals surface area contributed by atoms with E-state index >= 15 is 0 Å². The van der Waals surface area contributed by atoms with Crippen molar-refractivity contribution in [2.45, 2.75) is 0 Å². The molecule has 0 radical (unpaired) electrons. The number of carbonyl (C=O) groups excluding carboxylic acids is 2. The van der Waals surface area contributed by atoms with Gasteiger partial charge in [0.15, 0.2) is 0 Å². The molecule has 0 aliphatic heterocycles. The number of esters is 1. The summed E-state index contributed by atoms with van der Waals surface area (Å²) in [4.78, 5) is 20.6. The van der Waals surface area contributed by atoms with E-state index in [1.54, 1.807) is 0 Å². The summed E-state index contributed by atoms with van der Waals surface area (Å²) in [5.74, 6) is -0.612. The standard InChI is InChI=1S/C7H7ClO3/c1-2-5-11-7(10)4-3-6(8)9/h2-4H,1,5H2/b4-3+. The van der Waals surface area contributed by atoms with Crippen LogP contribution in [0, 0.1) is 0 Å². The highest BCUT2D eigenvalue weighted by Crippen LogP contribution is 1.85. The highest BCUT2D eigenvalue weighted by molar-refractivity contribution is 6.66. The van der Waals surface area contributed by atoms with Gasteiger partial charge in [0, 0.05) is 12.2 Å². The second kappa shape index (κ2) is 5.68. The van der Waals surface area contributed by atoms with E-state index in [1.165, 1.54) is 6.08 Å². The largest absolute Gasteiger partial charge is 0.458 e. The molecule has 0 aromatic rings. The Hall–Kier alpha value is -1.09. The SMILES string of the molecule is C=CCOC(=O)/C=C/C(=O)Cl. The van der Waals surface area contributed by atoms with Gasteiger partial charge in [-0.15, -0.1) is 0 Å². The van der Waals surface area contributed by atoms with Gasteiger partial charge in [-0.05, 0) is 11.6 Å². The summed E-state index contributed by atoms with van der Waals surface area (Å²) >= 11 is 4.90. The summed E-state index contributed by atoms with van der Waals surface area (Å²) in [5, 5.41) is -0.708. The number of hydrogen-bond donors (Lipinski definition) is 0. The molecule has 0 heterocycles. The third-order valence-corrected chi connectivity index (χ3v) is 0.820. The summed E-state index contributed by atoms with van der Waals surface area (Å²) in [7, 11) is 0. The van der Waals surface area contributed by atoms with Crippen LogP contribution in [0.3, 0.4) is 0 Å². The van der Waals surface area contributed by atoms with Crippen molar-refractivity contribution >= 4 is 22.8 Å². The molecule has 0 unspecified atom stereocenters. The maximum atomic E-state index is 10.5. The van der Waals surface area contributed by atoms with Crippen LogP contribution in [0.5, 0.6) is 0 Å². The fourth-order valence-electron chi connectivity index (χ4n) is 0.323. The molecule has 0 aliphatic rings. The van der Waals surface area contributed by atoms with E-state index in [9.17, 15) is 9.59 Å². The number of hydrogen-bond acceptors (Lipinski definition) is 3. The normalized spacial score (nSPS) is 9.55. The fourth-order valence-corrected chi connectivity index (χ4v) is 0.386. The average Bonchev–Trinajstić information content (AvgIpc) is 1.97. The molecule has 0 fully saturated rings. The molecule has 4 heteroatoms. The maximum absolute atomic E-state index is 10.5. The second-order valence-electron chi connectivity index (χ2n) is 1.56. The molecule has 0 amide bonds. The Bertz CT molecular complexity index is 196. The van der Waals surface area contributed by atoms with Crippen LogP contribution in [0.1, 0.15) is 0 Å². The van der Waals surface area contributed by atoms with E-state index < -0.39 is 11.2 Å². The molecule has 0 aromatic heterocycles. The summed E-state index contributed by atoms with van der Waals surface area (Å²) in [6.45, 7) is 3.46. The first-order valence-electron chi connectivity index (χ1n) is 2.82. The number of halogens is 1. The zero-order chi connectivity index (χ0) is 8.69. The van der Waals surface area contributed by atoms with Gasteiger partial charge >= 0.3 is 5.97 Å². The number of allylic oxidation sites excluding steroid dienone is 1. The first-order chi connectivity index (χ1) is 5.16. The molecule has 0 rings (SSSR count). The quantitative estimate of drug-likeness (QED) is 0.277. The lowest BCUT2D eigenvalue weighted by Gasteiger charge is -1.93. The topological polar surface area (TPSA) is 43.4 Å². The summed E-state index contributed by atoms with van der Waals surface area (Å²) in [6.07, 6.45) is 3.31. The van der Waals surface area contributed by atoms with Crippen LogP contribution in [0.25, 0.3) is 0 Å². The highest BCUT2D eigenvalue weighted by Gasteiger charge is 1.94. The number of ether oxygens (including phenoxy) is 1. The van der Waals surface area contributed by atoms with Crippen molar-refractivity contribution < 1.29 is 14.3 Å². The summed E-state index contributed by atoms with van der Waals surface area (Å²) in [5.41, 5.74) is 0. The van der Waals surface area contributed by atoms with Gasteiger partial charge < -0.3 is 4.74 Å². The highest BCUT2D eigenvalue weighted by atomic mass is 35.5. The monoisotopic (exact) mass is 174 g/mol. The Morgan fingerprint density at radius 2 is 2.09 bits per heavy atom. The van der Waals surface area contributed by atoms with Gasteiger partial charge in [0.1, 0.15) is 6.61 Å². The van der Waals surface area contributed by atoms with Crippen LogP contribution in [-0.2, 0) is 14.3 Å². The Morgan fingerprint density at radius 1 is 1.45 bits per heavy atom. The molecule has 3 nitrogen and oxygen atoms in total. The van der Waals surface area contributed by atoms with Crippen LogP contribution < -0.4 is 0 Å². The van der Waals surface area contributed by atoms with Crippen LogP contribution >= 0.6 is 11.6 Å². The van der Waals surface area contributed by atoms with Crippen LogP contribution in [0.15, 0.2) is 24.8 Å². The first-order valence-corrected chi connectivity index (χ1v) is 3.20. The predicted molar refractivity (Wildman–Crippen MR) is 41.2 cm³/mol. The van der Waals surface area contributed by atoms with Crippen molar-refractivity contribution in [3.05, 3.63) is 24.8 Å². The molecule has 0 spiro atoms. The van der Waals surface area contributed by atoms with Gasteiger partial charge in [-0.3, -0.25) is 4.79 Å². The molecule has 11 heavy (non-hydrogen) atoms. The van der Waals surface area contributed by atoms with Crippen molar-refractivity contribution in [3.63, 3.8) is 0 Å². The van der Waals surface area contributed by atoms with Crippen molar-refractivity contribution in [1.82, 2.24) is 0 Å². The molecule has 0 aliphatic carbocycles. The molecule has 0 aromatic carbocycles. The van der Waals surface area contributed by atoms with E-state index in [0.29, 0.717) is 0 Å². The van der Waals surface area contributed by atoms with Gasteiger partial charge in [-0.1, -0.05) is 12.7 Å². The van der Waals surface area contributed by atoms with E-state index in [4.69, 9.17) is 11.6 Å². The molecule has 0 N–H and O–H groups in total.